The Morgan fingerprint density at radius 3 is 2.69 bits per heavy atom. The zero-order valence-corrected chi connectivity index (χ0v) is 10.1. The number of nitrogens with zero attached hydrogens (tertiary/aromatic N) is 1. The van der Waals surface area contributed by atoms with Crippen molar-refractivity contribution >= 4 is 0 Å². The molecular weight excluding hydrogens is 196 g/mol. The molecule has 1 fully saturated rings. The van der Waals surface area contributed by atoms with Crippen molar-refractivity contribution < 1.29 is 0 Å². The first kappa shape index (κ1) is 11.6. The topological polar surface area (TPSA) is 38.9 Å². The molecule has 0 bridgehead atoms. The molecule has 1 aromatic heterocycles. The summed E-state index contributed by atoms with van der Waals surface area (Å²) in [5, 5.41) is 0. The average molecular weight is 218 g/mol. The number of hydrogen-bond acceptors (Lipinski definition) is 2. The highest BCUT2D eigenvalue weighted by molar-refractivity contribution is 5.11. The van der Waals surface area contributed by atoms with Gasteiger partial charge < -0.3 is 5.73 Å². The van der Waals surface area contributed by atoms with Crippen LogP contribution in [0.4, 0.5) is 0 Å². The van der Waals surface area contributed by atoms with Gasteiger partial charge in [0.25, 0.3) is 0 Å². The Kier molecular flexibility index (Phi) is 3.94. The van der Waals surface area contributed by atoms with Gasteiger partial charge in [-0.2, -0.15) is 0 Å². The van der Waals surface area contributed by atoms with Crippen LogP contribution < -0.4 is 5.73 Å². The lowest BCUT2D eigenvalue weighted by atomic mass is 9.72. The Hall–Kier alpha value is -0.890. The van der Waals surface area contributed by atoms with Gasteiger partial charge in [0.15, 0.2) is 0 Å². The molecule has 0 spiro atoms. The lowest BCUT2D eigenvalue weighted by Gasteiger charge is -2.34. The highest BCUT2D eigenvalue weighted by Crippen LogP contribution is 2.35. The molecule has 1 heterocycles. The molecule has 3 atom stereocenters. The van der Waals surface area contributed by atoms with Gasteiger partial charge in [-0.15, -0.1) is 0 Å². The smallest absolute Gasteiger partial charge is 0.0270 e. The highest BCUT2D eigenvalue weighted by atomic mass is 14.6. The zero-order chi connectivity index (χ0) is 11.4. The van der Waals surface area contributed by atoms with Gasteiger partial charge >= 0.3 is 0 Å². The quantitative estimate of drug-likeness (QED) is 0.847. The van der Waals surface area contributed by atoms with Gasteiger partial charge in [-0.1, -0.05) is 13.3 Å². The van der Waals surface area contributed by atoms with Crippen molar-refractivity contribution in [2.45, 2.75) is 32.6 Å². The molecule has 0 aliphatic heterocycles. The van der Waals surface area contributed by atoms with E-state index in [-0.39, 0.29) is 0 Å². The number of rotatable bonds is 3. The van der Waals surface area contributed by atoms with Crippen LogP contribution in [0.5, 0.6) is 0 Å². The normalized spacial score (nSPS) is 30.2. The number of nitrogens with two attached hydrogens (primary N) is 1. The third kappa shape index (κ3) is 2.82. The van der Waals surface area contributed by atoms with Crippen LogP contribution in [0.25, 0.3) is 0 Å². The molecule has 2 N–H and O–H groups in total. The summed E-state index contributed by atoms with van der Waals surface area (Å²) in [6.45, 7) is 3.22. The van der Waals surface area contributed by atoms with Crippen LogP contribution in [0.15, 0.2) is 24.5 Å². The van der Waals surface area contributed by atoms with Crippen molar-refractivity contribution in [3.05, 3.63) is 30.1 Å². The van der Waals surface area contributed by atoms with E-state index in [0.717, 1.165) is 24.3 Å². The van der Waals surface area contributed by atoms with E-state index < -0.39 is 0 Å². The lowest BCUT2D eigenvalue weighted by Crippen LogP contribution is -2.31. The minimum absolute atomic E-state index is 0.726. The van der Waals surface area contributed by atoms with Crippen LogP contribution in [-0.2, 0) is 6.42 Å². The molecule has 1 aliphatic rings. The second-order valence-electron chi connectivity index (χ2n) is 5.23. The predicted molar refractivity (Wildman–Crippen MR) is 67.0 cm³/mol. The maximum atomic E-state index is 5.88. The van der Waals surface area contributed by atoms with Crippen LogP contribution in [0, 0.1) is 17.8 Å². The van der Waals surface area contributed by atoms with Crippen LogP contribution in [-0.4, -0.2) is 11.5 Å². The highest BCUT2D eigenvalue weighted by Gasteiger charge is 2.27. The Bertz CT molecular complexity index is 310. The summed E-state index contributed by atoms with van der Waals surface area (Å²) in [5.41, 5.74) is 7.29. The third-order valence-corrected chi connectivity index (χ3v) is 3.95. The van der Waals surface area contributed by atoms with Gasteiger partial charge in [0, 0.05) is 12.4 Å². The van der Waals surface area contributed by atoms with Crippen molar-refractivity contribution in [2.75, 3.05) is 6.54 Å². The maximum Gasteiger partial charge on any atom is 0.0270 e. The first-order valence-electron chi connectivity index (χ1n) is 6.38. The molecule has 2 rings (SSSR count). The van der Waals surface area contributed by atoms with Crippen molar-refractivity contribution in [2.24, 2.45) is 23.5 Å². The molecule has 0 radical (unpaired) electrons. The second-order valence-corrected chi connectivity index (χ2v) is 5.23. The fraction of sp³-hybridized carbons (Fsp3) is 0.643. The van der Waals surface area contributed by atoms with Crippen LogP contribution >= 0.6 is 0 Å². The molecule has 0 aromatic carbocycles. The van der Waals surface area contributed by atoms with Gasteiger partial charge in [0.05, 0.1) is 0 Å². The molecule has 1 saturated carbocycles. The summed E-state index contributed by atoms with van der Waals surface area (Å²) in [4.78, 5) is 4.07. The van der Waals surface area contributed by atoms with E-state index >= 15 is 0 Å². The van der Waals surface area contributed by atoms with Crippen molar-refractivity contribution in [1.82, 2.24) is 4.98 Å². The Morgan fingerprint density at radius 2 is 2.00 bits per heavy atom. The van der Waals surface area contributed by atoms with E-state index in [4.69, 9.17) is 5.73 Å². The Labute approximate surface area is 98.3 Å². The molecule has 1 aliphatic carbocycles. The largest absolute Gasteiger partial charge is 0.330 e. The second kappa shape index (κ2) is 5.44. The molecule has 3 unspecified atom stereocenters. The van der Waals surface area contributed by atoms with Gasteiger partial charge in [-0.25, -0.2) is 0 Å². The van der Waals surface area contributed by atoms with Gasteiger partial charge in [-0.3, -0.25) is 4.98 Å². The van der Waals surface area contributed by atoms with E-state index in [1.54, 1.807) is 0 Å². The first-order valence-corrected chi connectivity index (χ1v) is 6.38. The van der Waals surface area contributed by atoms with Crippen LogP contribution in [0.1, 0.15) is 31.7 Å². The number of hydrogen-bond donors (Lipinski definition) is 1. The van der Waals surface area contributed by atoms with Crippen molar-refractivity contribution in [1.29, 1.82) is 0 Å². The predicted octanol–water partition coefficient (Wildman–Crippen LogP) is 2.64. The Morgan fingerprint density at radius 1 is 1.25 bits per heavy atom. The monoisotopic (exact) mass is 218 g/mol. The van der Waals surface area contributed by atoms with Gasteiger partial charge in [0.2, 0.25) is 0 Å². The zero-order valence-electron chi connectivity index (χ0n) is 10.1. The minimum Gasteiger partial charge on any atom is -0.330 e. The standard InChI is InChI=1S/C14H22N2/c1-11-2-3-13(10-15)14(8-11)9-12-4-6-16-7-5-12/h4-7,11,13-14H,2-3,8-10,15H2,1H3. The first-order chi connectivity index (χ1) is 7.79. The van der Waals surface area contributed by atoms with E-state index in [9.17, 15) is 0 Å². The number of aromatic nitrogens is 1. The SMILES string of the molecule is CC1CCC(CN)C(Cc2ccncc2)C1. The van der Waals surface area contributed by atoms with E-state index in [0.29, 0.717) is 0 Å². The molecule has 0 saturated heterocycles. The third-order valence-electron chi connectivity index (χ3n) is 3.95. The number of pyridine rings is 1. The summed E-state index contributed by atoms with van der Waals surface area (Å²) in [6, 6.07) is 4.26. The molecule has 88 valence electrons. The summed E-state index contributed by atoms with van der Waals surface area (Å²) in [5.74, 6) is 2.37. The molecule has 16 heavy (non-hydrogen) atoms. The van der Waals surface area contributed by atoms with Crippen LogP contribution in [0.3, 0.4) is 0 Å². The molecule has 2 heteroatoms. The maximum absolute atomic E-state index is 5.88. The molecule has 0 amide bonds. The molecule has 2 nitrogen and oxygen atoms in total. The minimum atomic E-state index is 0.726. The molecular formula is C14H22N2. The summed E-state index contributed by atoms with van der Waals surface area (Å²) < 4.78 is 0. The lowest BCUT2D eigenvalue weighted by molar-refractivity contribution is 0.193. The van der Waals surface area contributed by atoms with E-state index in [1.165, 1.54) is 31.2 Å². The average Bonchev–Trinajstić information content (AvgIpc) is 2.31. The summed E-state index contributed by atoms with van der Waals surface area (Å²) in [6.07, 6.45) is 8.96. The van der Waals surface area contributed by atoms with Crippen molar-refractivity contribution in [3.63, 3.8) is 0 Å². The summed E-state index contributed by atoms with van der Waals surface area (Å²) in [7, 11) is 0. The Balaban J connectivity index is 2.01. The summed E-state index contributed by atoms with van der Waals surface area (Å²) >= 11 is 0. The van der Waals surface area contributed by atoms with Gasteiger partial charge in [0.1, 0.15) is 0 Å². The van der Waals surface area contributed by atoms with E-state index in [1.807, 2.05) is 12.4 Å². The fourth-order valence-electron chi connectivity index (χ4n) is 2.94. The molecule has 1 aromatic rings. The fourth-order valence-corrected chi connectivity index (χ4v) is 2.94. The van der Waals surface area contributed by atoms with Crippen LogP contribution in [0.2, 0.25) is 0 Å². The van der Waals surface area contributed by atoms with Crippen molar-refractivity contribution in [3.8, 4) is 0 Å². The van der Waals surface area contributed by atoms with E-state index in [2.05, 4.69) is 24.0 Å². The van der Waals surface area contributed by atoms with Gasteiger partial charge in [-0.05, 0) is 61.3 Å².